The normalized spacial score (nSPS) is 10.1. The Kier molecular flexibility index (Phi) is 3.70. The number of benzene rings is 2. The first kappa shape index (κ1) is 14.3. The molecule has 0 atom stereocenters. The van der Waals surface area contributed by atoms with Crippen LogP contribution in [0, 0.1) is 27.2 Å². The lowest BCUT2D eigenvalue weighted by molar-refractivity contribution is -0.386. The van der Waals surface area contributed by atoms with Crippen LogP contribution in [0.1, 0.15) is 5.56 Å². The Morgan fingerprint density at radius 1 is 1.10 bits per heavy atom. The zero-order valence-corrected chi connectivity index (χ0v) is 11.0. The fourth-order valence-corrected chi connectivity index (χ4v) is 1.85. The summed E-state index contributed by atoms with van der Waals surface area (Å²) >= 11 is 0. The maximum Gasteiger partial charge on any atom is 0.314 e. The molecule has 0 saturated carbocycles. The summed E-state index contributed by atoms with van der Waals surface area (Å²) in [7, 11) is 0. The van der Waals surface area contributed by atoms with Gasteiger partial charge < -0.3 is 10.5 Å². The average Bonchev–Trinajstić information content (AvgIpc) is 2.37. The Morgan fingerprint density at radius 3 is 2.43 bits per heavy atom. The van der Waals surface area contributed by atoms with Crippen molar-refractivity contribution in [1.29, 1.82) is 0 Å². The van der Waals surface area contributed by atoms with Crippen molar-refractivity contribution in [3.63, 3.8) is 0 Å². The van der Waals surface area contributed by atoms with Crippen LogP contribution in [-0.2, 0) is 0 Å². The zero-order valence-electron chi connectivity index (χ0n) is 11.0. The van der Waals surface area contributed by atoms with Crippen LogP contribution in [0.15, 0.2) is 36.4 Å². The summed E-state index contributed by atoms with van der Waals surface area (Å²) in [5.41, 5.74) is 5.68. The first-order valence-electron chi connectivity index (χ1n) is 5.85. The van der Waals surface area contributed by atoms with Crippen molar-refractivity contribution in [2.24, 2.45) is 0 Å². The molecule has 0 saturated heterocycles. The number of rotatable bonds is 4. The Bertz CT molecular complexity index is 730. The quantitative estimate of drug-likeness (QED) is 0.524. The summed E-state index contributed by atoms with van der Waals surface area (Å²) in [6.45, 7) is 1.58. The molecule has 0 aliphatic rings. The van der Waals surface area contributed by atoms with Crippen molar-refractivity contribution in [2.45, 2.75) is 6.92 Å². The average molecular weight is 289 g/mol. The van der Waals surface area contributed by atoms with E-state index in [0.717, 1.165) is 6.07 Å². The van der Waals surface area contributed by atoms with Crippen LogP contribution in [-0.4, -0.2) is 9.85 Å². The number of nitro groups is 2. The molecule has 2 N–H and O–H groups in total. The molecule has 108 valence electrons. The molecule has 2 aromatic rings. The van der Waals surface area contributed by atoms with Crippen LogP contribution >= 0.6 is 0 Å². The largest absolute Gasteiger partial charge is 0.450 e. The van der Waals surface area contributed by atoms with Crippen LogP contribution in [0.25, 0.3) is 0 Å². The van der Waals surface area contributed by atoms with E-state index in [4.69, 9.17) is 10.5 Å². The molecule has 0 bridgehead atoms. The SMILES string of the molecule is Cc1cccc(Oc2cc(N)cc([N+](=O)[O-])c2)c1[N+](=O)[O-]. The zero-order chi connectivity index (χ0) is 15.6. The van der Waals surface area contributed by atoms with Crippen LogP contribution < -0.4 is 10.5 Å². The van der Waals surface area contributed by atoms with Crippen molar-refractivity contribution in [1.82, 2.24) is 0 Å². The highest BCUT2D eigenvalue weighted by molar-refractivity contribution is 5.57. The first-order valence-corrected chi connectivity index (χ1v) is 5.85. The topological polar surface area (TPSA) is 122 Å². The number of non-ortho nitro benzene ring substituents is 1. The van der Waals surface area contributed by atoms with E-state index in [1.165, 1.54) is 18.2 Å². The minimum Gasteiger partial charge on any atom is -0.450 e. The van der Waals surface area contributed by atoms with Crippen molar-refractivity contribution in [2.75, 3.05) is 5.73 Å². The predicted octanol–water partition coefficient (Wildman–Crippen LogP) is 3.19. The van der Waals surface area contributed by atoms with Crippen LogP contribution in [0.4, 0.5) is 17.1 Å². The van der Waals surface area contributed by atoms with Crippen LogP contribution in [0.5, 0.6) is 11.5 Å². The molecule has 8 nitrogen and oxygen atoms in total. The molecule has 0 unspecified atom stereocenters. The molecule has 0 aliphatic heterocycles. The molecule has 0 radical (unpaired) electrons. The number of ether oxygens (including phenoxy) is 1. The Morgan fingerprint density at radius 2 is 1.81 bits per heavy atom. The molecule has 0 aromatic heterocycles. The number of hydrogen-bond donors (Lipinski definition) is 1. The van der Waals surface area contributed by atoms with Gasteiger partial charge in [-0.05, 0) is 13.0 Å². The summed E-state index contributed by atoms with van der Waals surface area (Å²) < 4.78 is 5.40. The van der Waals surface area contributed by atoms with Gasteiger partial charge in [0.15, 0.2) is 0 Å². The highest BCUT2D eigenvalue weighted by atomic mass is 16.6. The van der Waals surface area contributed by atoms with E-state index in [0.29, 0.717) is 5.56 Å². The third-order valence-corrected chi connectivity index (χ3v) is 2.74. The molecule has 0 aliphatic carbocycles. The second-order valence-corrected chi connectivity index (χ2v) is 4.30. The van der Waals surface area contributed by atoms with Gasteiger partial charge in [-0.25, -0.2) is 0 Å². The number of nitrogens with two attached hydrogens (primary N) is 1. The van der Waals surface area contributed by atoms with Crippen LogP contribution in [0.2, 0.25) is 0 Å². The summed E-state index contributed by atoms with van der Waals surface area (Å²) in [5.74, 6) is 0.0651. The van der Waals surface area contributed by atoms with Crippen LogP contribution in [0.3, 0.4) is 0 Å². The Labute approximate surface area is 119 Å². The number of anilines is 1. The van der Waals surface area contributed by atoms with Gasteiger partial charge in [0.05, 0.1) is 15.9 Å². The lowest BCUT2D eigenvalue weighted by Crippen LogP contribution is -1.97. The van der Waals surface area contributed by atoms with E-state index in [1.807, 2.05) is 0 Å². The molecule has 21 heavy (non-hydrogen) atoms. The Hall–Kier alpha value is -3.16. The van der Waals surface area contributed by atoms with Crippen molar-refractivity contribution < 1.29 is 14.6 Å². The van der Waals surface area contributed by atoms with Gasteiger partial charge in [-0.3, -0.25) is 20.2 Å². The standard InChI is InChI=1S/C13H11N3O5/c1-8-3-2-4-12(13(8)16(19)20)21-11-6-9(14)5-10(7-11)15(17)18/h2-7H,14H2,1H3. The minimum atomic E-state index is -0.617. The summed E-state index contributed by atoms with van der Waals surface area (Å²) in [5, 5.41) is 21.8. The molecule has 0 spiro atoms. The van der Waals surface area contributed by atoms with Crippen molar-refractivity contribution in [3.8, 4) is 11.5 Å². The predicted molar refractivity (Wildman–Crippen MR) is 75.4 cm³/mol. The molecule has 0 heterocycles. The van der Waals surface area contributed by atoms with E-state index in [9.17, 15) is 20.2 Å². The number of nitrogens with zero attached hydrogens (tertiary/aromatic N) is 2. The van der Waals surface area contributed by atoms with Gasteiger partial charge in [0.25, 0.3) is 5.69 Å². The van der Waals surface area contributed by atoms with Gasteiger partial charge in [-0.2, -0.15) is 0 Å². The molecule has 8 heteroatoms. The second-order valence-electron chi connectivity index (χ2n) is 4.30. The minimum absolute atomic E-state index is 0.0000945. The van der Waals surface area contributed by atoms with Gasteiger partial charge in [0.2, 0.25) is 5.75 Å². The molecule has 0 fully saturated rings. The first-order chi connectivity index (χ1) is 9.88. The van der Waals surface area contributed by atoms with E-state index >= 15 is 0 Å². The number of nitro benzene ring substituents is 2. The lowest BCUT2D eigenvalue weighted by Gasteiger charge is -2.08. The maximum absolute atomic E-state index is 11.1. The van der Waals surface area contributed by atoms with Crippen molar-refractivity contribution >= 4 is 17.1 Å². The summed E-state index contributed by atoms with van der Waals surface area (Å²) in [6.07, 6.45) is 0. The fraction of sp³-hybridized carbons (Fsp3) is 0.0769. The third-order valence-electron chi connectivity index (χ3n) is 2.74. The van der Waals surface area contributed by atoms with Gasteiger partial charge in [-0.1, -0.05) is 12.1 Å². The number of aryl methyl sites for hydroxylation is 1. The molecular formula is C13H11N3O5. The van der Waals surface area contributed by atoms with Gasteiger partial charge in [-0.15, -0.1) is 0 Å². The third kappa shape index (κ3) is 3.06. The number of para-hydroxylation sites is 1. The number of nitrogen functional groups attached to an aromatic ring is 1. The monoisotopic (exact) mass is 289 g/mol. The highest BCUT2D eigenvalue weighted by Crippen LogP contribution is 2.35. The van der Waals surface area contributed by atoms with Gasteiger partial charge >= 0.3 is 5.69 Å². The van der Waals surface area contributed by atoms with Gasteiger partial charge in [0, 0.05) is 23.4 Å². The summed E-state index contributed by atoms with van der Waals surface area (Å²) in [4.78, 5) is 20.7. The van der Waals surface area contributed by atoms with E-state index in [-0.39, 0.29) is 28.6 Å². The molecule has 2 aromatic carbocycles. The highest BCUT2D eigenvalue weighted by Gasteiger charge is 2.19. The molecule has 2 rings (SSSR count). The van der Waals surface area contributed by atoms with E-state index < -0.39 is 9.85 Å². The van der Waals surface area contributed by atoms with Crippen molar-refractivity contribution in [3.05, 3.63) is 62.2 Å². The summed E-state index contributed by atoms with van der Waals surface area (Å²) in [6, 6.07) is 8.28. The van der Waals surface area contributed by atoms with E-state index in [1.54, 1.807) is 19.1 Å². The smallest absolute Gasteiger partial charge is 0.314 e. The molecule has 0 amide bonds. The maximum atomic E-state index is 11.1. The fourth-order valence-electron chi connectivity index (χ4n) is 1.85. The second kappa shape index (κ2) is 5.45. The van der Waals surface area contributed by atoms with E-state index in [2.05, 4.69) is 0 Å². The lowest BCUT2D eigenvalue weighted by atomic mass is 10.2. The molecular weight excluding hydrogens is 278 g/mol. The Balaban J connectivity index is 2.46. The van der Waals surface area contributed by atoms with Gasteiger partial charge in [0.1, 0.15) is 5.75 Å². The number of hydrogen-bond acceptors (Lipinski definition) is 6.